The molecule has 74 valence electrons. The van der Waals surface area contributed by atoms with Gasteiger partial charge in [-0.3, -0.25) is 0 Å². The smallest absolute Gasteiger partial charge is 0.166 e. The zero-order chi connectivity index (χ0) is 10.8. The third-order valence-electron chi connectivity index (χ3n) is 2.32. The van der Waals surface area contributed by atoms with E-state index in [4.69, 9.17) is 5.26 Å². The highest BCUT2D eigenvalue weighted by atomic mass is 15.4. The first-order valence-electron chi connectivity index (χ1n) is 4.47. The van der Waals surface area contributed by atoms with Crippen molar-refractivity contribution in [3.05, 3.63) is 35.4 Å². The lowest BCUT2D eigenvalue weighted by molar-refractivity contribution is 0.790. The second-order valence-electron chi connectivity index (χ2n) is 3.22. The van der Waals surface area contributed by atoms with Gasteiger partial charge in [0.25, 0.3) is 0 Å². The van der Waals surface area contributed by atoms with Crippen LogP contribution < -0.4 is 0 Å². The van der Waals surface area contributed by atoms with E-state index in [1.165, 1.54) is 0 Å². The molecule has 0 aliphatic rings. The van der Waals surface area contributed by atoms with E-state index in [0.29, 0.717) is 11.4 Å². The molecule has 0 radical (unpaired) electrons. The molecule has 0 spiro atoms. The topological polar surface area (TPSA) is 67.4 Å². The highest BCUT2D eigenvalue weighted by Crippen LogP contribution is 2.18. The summed E-state index contributed by atoms with van der Waals surface area (Å²) in [5.41, 5.74) is 3.09. The van der Waals surface area contributed by atoms with E-state index in [2.05, 4.69) is 21.4 Å². The SMILES string of the molecule is Cc1cnc(C#N)c(-n2ccnn2)c1C. The quantitative estimate of drug-likeness (QED) is 0.691. The Hall–Kier alpha value is -2.22. The lowest BCUT2D eigenvalue weighted by Crippen LogP contribution is -2.05. The number of rotatable bonds is 1. The van der Waals surface area contributed by atoms with Crippen molar-refractivity contribution in [2.75, 3.05) is 0 Å². The highest BCUT2D eigenvalue weighted by molar-refractivity contribution is 5.51. The molecule has 0 N–H and O–H groups in total. The molecule has 2 aromatic rings. The van der Waals surface area contributed by atoms with Crippen molar-refractivity contribution in [2.45, 2.75) is 13.8 Å². The maximum absolute atomic E-state index is 8.96. The molecule has 0 aliphatic heterocycles. The normalized spacial score (nSPS) is 9.93. The van der Waals surface area contributed by atoms with Crippen LogP contribution in [0.15, 0.2) is 18.6 Å². The summed E-state index contributed by atoms with van der Waals surface area (Å²) in [5.74, 6) is 0. The summed E-state index contributed by atoms with van der Waals surface area (Å²) >= 11 is 0. The summed E-state index contributed by atoms with van der Waals surface area (Å²) in [4.78, 5) is 4.06. The van der Waals surface area contributed by atoms with Crippen molar-refractivity contribution in [3.63, 3.8) is 0 Å². The average Bonchev–Trinajstić information content (AvgIpc) is 2.75. The van der Waals surface area contributed by atoms with E-state index in [1.807, 2.05) is 13.8 Å². The zero-order valence-electron chi connectivity index (χ0n) is 8.47. The first kappa shape index (κ1) is 9.34. The van der Waals surface area contributed by atoms with Gasteiger partial charge < -0.3 is 0 Å². The van der Waals surface area contributed by atoms with Gasteiger partial charge in [-0.2, -0.15) is 5.26 Å². The van der Waals surface area contributed by atoms with Gasteiger partial charge in [-0.05, 0) is 25.0 Å². The van der Waals surface area contributed by atoms with E-state index < -0.39 is 0 Å². The summed E-state index contributed by atoms with van der Waals surface area (Å²) in [6, 6.07) is 2.05. The van der Waals surface area contributed by atoms with Crippen molar-refractivity contribution in [3.8, 4) is 11.8 Å². The van der Waals surface area contributed by atoms with Gasteiger partial charge >= 0.3 is 0 Å². The van der Waals surface area contributed by atoms with Gasteiger partial charge in [-0.1, -0.05) is 5.21 Å². The van der Waals surface area contributed by atoms with Crippen LogP contribution in [-0.4, -0.2) is 20.0 Å². The third kappa shape index (κ3) is 1.46. The van der Waals surface area contributed by atoms with Crippen molar-refractivity contribution in [2.24, 2.45) is 0 Å². The minimum atomic E-state index is 0.364. The molecule has 0 atom stereocenters. The number of hydrogen-bond donors (Lipinski definition) is 0. The molecule has 0 unspecified atom stereocenters. The summed E-state index contributed by atoms with van der Waals surface area (Å²) in [7, 11) is 0. The molecule has 15 heavy (non-hydrogen) atoms. The number of pyridine rings is 1. The number of nitriles is 1. The maximum Gasteiger partial charge on any atom is 0.166 e. The Balaban J connectivity index is 2.74. The average molecular weight is 199 g/mol. The van der Waals surface area contributed by atoms with E-state index in [-0.39, 0.29) is 0 Å². The maximum atomic E-state index is 8.96. The highest BCUT2D eigenvalue weighted by Gasteiger charge is 2.11. The molecule has 0 bridgehead atoms. The molecule has 5 heteroatoms. The van der Waals surface area contributed by atoms with E-state index in [0.717, 1.165) is 11.1 Å². The molecule has 2 rings (SSSR count). The fourth-order valence-corrected chi connectivity index (χ4v) is 1.37. The van der Waals surface area contributed by atoms with Crippen LogP contribution in [0.3, 0.4) is 0 Å². The second-order valence-corrected chi connectivity index (χ2v) is 3.22. The Bertz CT molecular complexity index is 521. The monoisotopic (exact) mass is 199 g/mol. The van der Waals surface area contributed by atoms with Gasteiger partial charge in [0, 0.05) is 6.20 Å². The van der Waals surface area contributed by atoms with Crippen LogP contribution >= 0.6 is 0 Å². The van der Waals surface area contributed by atoms with Crippen LogP contribution in [0, 0.1) is 25.2 Å². The van der Waals surface area contributed by atoms with Crippen molar-refractivity contribution in [1.29, 1.82) is 5.26 Å². The van der Waals surface area contributed by atoms with Crippen molar-refractivity contribution >= 4 is 0 Å². The van der Waals surface area contributed by atoms with Gasteiger partial charge in [-0.15, -0.1) is 5.10 Å². The van der Waals surface area contributed by atoms with Crippen LogP contribution in [0.5, 0.6) is 0 Å². The second kappa shape index (κ2) is 3.50. The Labute approximate surface area is 87.0 Å². The predicted molar refractivity (Wildman–Crippen MR) is 53.3 cm³/mol. The molecule has 0 saturated carbocycles. The number of aryl methyl sites for hydroxylation is 1. The van der Waals surface area contributed by atoms with Gasteiger partial charge in [-0.25, -0.2) is 9.67 Å². The van der Waals surface area contributed by atoms with Gasteiger partial charge in [0.1, 0.15) is 11.8 Å². The number of hydrogen-bond acceptors (Lipinski definition) is 4. The molecule has 0 aromatic carbocycles. The molecule has 0 fully saturated rings. The molecule has 0 amide bonds. The van der Waals surface area contributed by atoms with Crippen molar-refractivity contribution < 1.29 is 0 Å². The van der Waals surface area contributed by atoms with Crippen LogP contribution in [0.4, 0.5) is 0 Å². The minimum Gasteiger partial charge on any atom is -0.243 e. The van der Waals surface area contributed by atoms with Crippen molar-refractivity contribution in [1.82, 2.24) is 20.0 Å². The molecule has 2 aromatic heterocycles. The van der Waals surface area contributed by atoms with Crippen LogP contribution in [0.1, 0.15) is 16.8 Å². The molecule has 2 heterocycles. The largest absolute Gasteiger partial charge is 0.243 e. The lowest BCUT2D eigenvalue weighted by Gasteiger charge is -2.08. The van der Waals surface area contributed by atoms with E-state index >= 15 is 0 Å². The number of nitrogens with zero attached hydrogens (tertiary/aromatic N) is 5. The standard InChI is InChI=1S/C10H9N5/c1-7-6-12-9(5-11)10(8(7)2)15-4-3-13-14-15/h3-4,6H,1-2H3. The van der Waals surface area contributed by atoms with Gasteiger partial charge in [0.05, 0.1) is 12.4 Å². The molecule has 0 saturated heterocycles. The lowest BCUT2D eigenvalue weighted by atomic mass is 10.1. The van der Waals surface area contributed by atoms with Gasteiger partial charge in [0.2, 0.25) is 0 Å². The van der Waals surface area contributed by atoms with Gasteiger partial charge in [0.15, 0.2) is 5.69 Å². The summed E-state index contributed by atoms with van der Waals surface area (Å²) in [5, 5.41) is 16.6. The van der Waals surface area contributed by atoms with Crippen LogP contribution in [0.2, 0.25) is 0 Å². The zero-order valence-corrected chi connectivity index (χ0v) is 8.47. The molecule has 5 nitrogen and oxygen atoms in total. The van der Waals surface area contributed by atoms with E-state index in [9.17, 15) is 0 Å². The Morgan fingerprint density at radius 2 is 2.20 bits per heavy atom. The first-order valence-corrected chi connectivity index (χ1v) is 4.47. The first-order chi connectivity index (χ1) is 7.24. The third-order valence-corrected chi connectivity index (χ3v) is 2.32. The summed E-state index contributed by atoms with van der Waals surface area (Å²) < 4.78 is 1.56. The fraction of sp³-hybridized carbons (Fsp3) is 0.200. The Morgan fingerprint density at radius 1 is 1.40 bits per heavy atom. The molecular weight excluding hydrogens is 190 g/mol. The molecular formula is C10H9N5. The Morgan fingerprint density at radius 3 is 2.80 bits per heavy atom. The van der Waals surface area contributed by atoms with E-state index in [1.54, 1.807) is 23.3 Å². The fourth-order valence-electron chi connectivity index (χ4n) is 1.37. The minimum absolute atomic E-state index is 0.364. The predicted octanol–water partition coefficient (Wildman–Crippen LogP) is 1.15. The van der Waals surface area contributed by atoms with Crippen LogP contribution in [0.25, 0.3) is 5.69 Å². The molecule has 0 aliphatic carbocycles. The summed E-state index contributed by atoms with van der Waals surface area (Å²) in [6.07, 6.45) is 4.96. The Kier molecular flexibility index (Phi) is 2.18. The van der Waals surface area contributed by atoms with Crippen LogP contribution in [-0.2, 0) is 0 Å². The number of aromatic nitrogens is 4. The summed E-state index contributed by atoms with van der Waals surface area (Å²) in [6.45, 7) is 3.89.